The number of hydrogen-bond acceptors (Lipinski definition) is 5. The van der Waals surface area contributed by atoms with Crippen molar-refractivity contribution in [3.8, 4) is 0 Å². The lowest BCUT2D eigenvalue weighted by atomic mass is 9.85. The zero-order valence-electron chi connectivity index (χ0n) is 16.4. The van der Waals surface area contributed by atoms with Crippen molar-refractivity contribution in [1.82, 2.24) is 9.47 Å². The highest BCUT2D eigenvalue weighted by atomic mass is 16.5. The number of urea groups is 1. The minimum atomic E-state index is -0.440. The summed E-state index contributed by atoms with van der Waals surface area (Å²) < 4.78 is 12.1. The number of oxazole rings is 1. The molecule has 1 aromatic heterocycles. The van der Waals surface area contributed by atoms with Crippen molar-refractivity contribution >= 4 is 22.8 Å². The van der Waals surface area contributed by atoms with Crippen LogP contribution in [0.5, 0.6) is 0 Å². The van der Waals surface area contributed by atoms with Crippen LogP contribution in [0.3, 0.4) is 0 Å². The number of rotatable bonds is 5. The highest BCUT2D eigenvalue weighted by molar-refractivity contribution is 5.78. The van der Waals surface area contributed by atoms with Gasteiger partial charge < -0.3 is 24.7 Å². The third kappa shape index (κ3) is 3.41. The fraction of sp³-hybridized carbons (Fsp3) is 0.579. The molecule has 1 atom stereocenters. The van der Waals surface area contributed by atoms with Crippen molar-refractivity contribution in [2.45, 2.75) is 38.3 Å². The molecule has 1 unspecified atom stereocenters. The number of ether oxygens (including phenoxy) is 1. The van der Waals surface area contributed by atoms with E-state index in [1.807, 2.05) is 32.0 Å². The molecule has 1 aromatic carbocycles. The van der Waals surface area contributed by atoms with Crippen LogP contribution >= 0.6 is 0 Å². The van der Waals surface area contributed by atoms with Gasteiger partial charge in [-0.1, -0.05) is 0 Å². The first-order valence-corrected chi connectivity index (χ1v) is 9.19. The van der Waals surface area contributed by atoms with E-state index in [1.54, 1.807) is 19.1 Å². The Morgan fingerprint density at radius 1 is 1.37 bits per heavy atom. The number of hydrogen-bond donors (Lipinski definition) is 1. The van der Waals surface area contributed by atoms with Gasteiger partial charge in [-0.15, -0.1) is 0 Å². The number of nitrogens with two attached hydrogens (primary N) is 1. The van der Waals surface area contributed by atoms with Crippen molar-refractivity contribution < 1.29 is 13.9 Å². The lowest BCUT2D eigenvalue weighted by Gasteiger charge is -2.53. The number of primary amides is 1. The highest BCUT2D eigenvalue weighted by Crippen LogP contribution is 2.35. The van der Waals surface area contributed by atoms with Crippen molar-refractivity contribution in [2.75, 3.05) is 31.7 Å². The van der Waals surface area contributed by atoms with E-state index < -0.39 is 11.6 Å². The first-order valence-electron chi connectivity index (χ1n) is 9.19. The van der Waals surface area contributed by atoms with E-state index in [4.69, 9.17) is 14.9 Å². The molecule has 0 bridgehead atoms. The van der Waals surface area contributed by atoms with E-state index in [0.29, 0.717) is 25.3 Å². The van der Waals surface area contributed by atoms with Gasteiger partial charge in [0, 0.05) is 45.6 Å². The van der Waals surface area contributed by atoms with E-state index in [9.17, 15) is 9.59 Å². The average Bonchev–Trinajstić information content (AvgIpc) is 2.89. The molecular weight excluding hydrogens is 348 g/mol. The second kappa shape index (κ2) is 7.26. The fourth-order valence-electron chi connectivity index (χ4n) is 4.15. The number of nitrogens with zero attached hydrogens (tertiary/aromatic N) is 3. The smallest absolute Gasteiger partial charge is 0.408 e. The van der Waals surface area contributed by atoms with Crippen LogP contribution in [0.1, 0.15) is 26.7 Å². The van der Waals surface area contributed by atoms with Gasteiger partial charge in [-0.2, -0.15) is 0 Å². The van der Waals surface area contributed by atoms with Crippen LogP contribution < -0.4 is 16.4 Å². The van der Waals surface area contributed by atoms with Gasteiger partial charge in [0.2, 0.25) is 0 Å². The molecule has 27 heavy (non-hydrogen) atoms. The van der Waals surface area contributed by atoms with Crippen LogP contribution in [0.15, 0.2) is 27.4 Å². The van der Waals surface area contributed by atoms with Crippen LogP contribution in [0.25, 0.3) is 11.1 Å². The number of methoxy groups -OCH3 is 1. The number of piperazine rings is 1. The van der Waals surface area contributed by atoms with E-state index in [1.165, 1.54) is 4.57 Å². The molecule has 2 aromatic rings. The molecule has 148 valence electrons. The number of fused-ring (bicyclic) bond motifs is 1. The first-order chi connectivity index (χ1) is 12.8. The maximum Gasteiger partial charge on any atom is 0.419 e. The SMILES string of the molecule is COCCCC1N(c2ccc3c(c2)oc(=O)n3C)CCN(C(N)=O)C1(C)C. The van der Waals surface area contributed by atoms with Crippen LogP contribution in [-0.2, 0) is 11.8 Å². The summed E-state index contributed by atoms with van der Waals surface area (Å²) in [7, 11) is 3.38. The second-order valence-corrected chi connectivity index (χ2v) is 7.57. The Morgan fingerprint density at radius 2 is 2.11 bits per heavy atom. The molecule has 2 heterocycles. The molecular formula is C19H28N4O4. The molecule has 1 aliphatic rings. The quantitative estimate of drug-likeness (QED) is 0.805. The van der Waals surface area contributed by atoms with Gasteiger partial charge in [-0.05, 0) is 38.8 Å². The van der Waals surface area contributed by atoms with Gasteiger partial charge in [-0.3, -0.25) is 4.57 Å². The lowest BCUT2D eigenvalue weighted by Crippen LogP contribution is -2.68. The largest absolute Gasteiger partial charge is 0.419 e. The fourth-order valence-corrected chi connectivity index (χ4v) is 4.15. The Balaban J connectivity index is 1.98. The van der Waals surface area contributed by atoms with Crippen molar-refractivity contribution in [2.24, 2.45) is 12.8 Å². The Hall–Kier alpha value is -2.48. The van der Waals surface area contributed by atoms with Gasteiger partial charge in [0.1, 0.15) is 0 Å². The van der Waals surface area contributed by atoms with E-state index in [-0.39, 0.29) is 11.8 Å². The van der Waals surface area contributed by atoms with Gasteiger partial charge in [0.25, 0.3) is 0 Å². The summed E-state index contributed by atoms with van der Waals surface area (Å²) in [4.78, 5) is 27.8. The van der Waals surface area contributed by atoms with E-state index >= 15 is 0 Å². The normalized spacial score (nSPS) is 19.6. The molecule has 2 amide bonds. The van der Waals surface area contributed by atoms with Crippen molar-refractivity contribution in [3.05, 3.63) is 28.7 Å². The van der Waals surface area contributed by atoms with Gasteiger partial charge >= 0.3 is 11.8 Å². The number of carbonyl (C=O) groups excluding carboxylic acids is 1. The third-order valence-corrected chi connectivity index (χ3v) is 5.65. The average molecular weight is 376 g/mol. The second-order valence-electron chi connectivity index (χ2n) is 7.57. The van der Waals surface area contributed by atoms with Crippen molar-refractivity contribution in [1.29, 1.82) is 0 Å². The monoisotopic (exact) mass is 376 g/mol. The Kier molecular flexibility index (Phi) is 5.19. The van der Waals surface area contributed by atoms with Gasteiger partial charge in [-0.25, -0.2) is 9.59 Å². The maximum absolute atomic E-state index is 12.0. The minimum Gasteiger partial charge on any atom is -0.408 e. The Labute approximate surface area is 158 Å². The Morgan fingerprint density at radius 3 is 2.78 bits per heavy atom. The summed E-state index contributed by atoms with van der Waals surface area (Å²) in [5.74, 6) is -0.377. The van der Waals surface area contributed by atoms with Crippen LogP contribution in [0.4, 0.5) is 10.5 Å². The highest BCUT2D eigenvalue weighted by Gasteiger charge is 2.44. The zero-order valence-corrected chi connectivity index (χ0v) is 16.4. The summed E-state index contributed by atoms with van der Waals surface area (Å²) in [6, 6.07) is 5.45. The summed E-state index contributed by atoms with van der Waals surface area (Å²) >= 11 is 0. The molecule has 8 heteroatoms. The lowest BCUT2D eigenvalue weighted by molar-refractivity contribution is 0.0895. The molecule has 0 aliphatic carbocycles. The molecule has 1 fully saturated rings. The van der Waals surface area contributed by atoms with Crippen molar-refractivity contribution in [3.63, 3.8) is 0 Å². The summed E-state index contributed by atoms with van der Waals surface area (Å²) in [6.45, 7) is 5.95. The zero-order chi connectivity index (χ0) is 19.8. The topological polar surface area (TPSA) is 93.9 Å². The van der Waals surface area contributed by atoms with Crippen LogP contribution in [0, 0.1) is 0 Å². The number of carbonyl (C=O) groups is 1. The Bertz CT molecular complexity index is 885. The van der Waals surface area contributed by atoms with Gasteiger partial charge in [0.15, 0.2) is 5.58 Å². The summed E-state index contributed by atoms with van der Waals surface area (Å²) in [6.07, 6.45) is 1.72. The molecule has 0 saturated carbocycles. The number of aryl methyl sites for hydroxylation is 1. The number of benzene rings is 1. The van der Waals surface area contributed by atoms with Crippen LogP contribution in [0.2, 0.25) is 0 Å². The standard InChI is InChI=1S/C19H28N4O4/c1-19(2)16(6-5-11-26-4)22(9-10-23(19)17(20)24)13-7-8-14-15(12-13)27-18(25)21(14)3/h7-8,12,16H,5-6,9-11H2,1-4H3,(H2,20,24). The molecule has 2 N–H and O–H groups in total. The maximum atomic E-state index is 12.0. The summed E-state index contributed by atoms with van der Waals surface area (Å²) in [5.41, 5.74) is 7.48. The molecule has 3 rings (SSSR count). The molecule has 8 nitrogen and oxygen atoms in total. The number of amides is 2. The predicted octanol–water partition coefficient (Wildman–Crippen LogP) is 1.91. The third-order valence-electron chi connectivity index (χ3n) is 5.65. The van der Waals surface area contributed by atoms with E-state index in [0.717, 1.165) is 24.0 Å². The number of aromatic nitrogens is 1. The minimum absolute atomic E-state index is 0.0572. The van der Waals surface area contributed by atoms with E-state index in [2.05, 4.69) is 4.90 Å². The van der Waals surface area contributed by atoms with Crippen LogP contribution in [-0.4, -0.2) is 53.9 Å². The molecule has 0 radical (unpaired) electrons. The predicted molar refractivity (Wildman–Crippen MR) is 104 cm³/mol. The molecule has 1 saturated heterocycles. The number of anilines is 1. The molecule has 1 aliphatic heterocycles. The van der Waals surface area contributed by atoms with Gasteiger partial charge in [0.05, 0.1) is 17.1 Å². The summed E-state index contributed by atoms with van der Waals surface area (Å²) in [5, 5.41) is 0. The first kappa shape index (κ1) is 19.3. The molecule has 0 spiro atoms.